The Morgan fingerprint density at radius 1 is 1.18 bits per heavy atom. The molecule has 1 aromatic rings. The second-order valence-corrected chi connectivity index (χ2v) is 5.50. The average Bonchev–Trinajstić information content (AvgIpc) is 3.23. The summed E-state index contributed by atoms with van der Waals surface area (Å²) < 4.78 is 49.3. The van der Waals surface area contributed by atoms with Gasteiger partial charge in [-0.15, -0.1) is 0 Å². The Bertz CT molecular complexity index is 519. The van der Waals surface area contributed by atoms with E-state index in [2.05, 4.69) is 15.6 Å². The summed E-state index contributed by atoms with van der Waals surface area (Å²) in [5.41, 5.74) is 0.960. The summed E-state index contributed by atoms with van der Waals surface area (Å²) in [5, 5.41) is 5.70. The van der Waals surface area contributed by atoms with Crippen LogP contribution in [0, 0.1) is 5.82 Å². The number of hydrogen-bond acceptors (Lipinski definition) is 1. The number of nitrogens with one attached hydrogen (secondary N) is 2. The first-order valence-corrected chi connectivity index (χ1v) is 7.12. The Morgan fingerprint density at radius 2 is 1.82 bits per heavy atom. The van der Waals surface area contributed by atoms with Crippen LogP contribution in [0.2, 0.25) is 0 Å². The SMILES string of the molecule is CN=C(NCCC(F)(F)F)NCC1(c2ccc(F)cc2)CC1. The van der Waals surface area contributed by atoms with E-state index in [1.165, 1.54) is 19.2 Å². The molecule has 0 heterocycles. The minimum atomic E-state index is -4.18. The maximum Gasteiger partial charge on any atom is 0.390 e. The van der Waals surface area contributed by atoms with Crippen molar-refractivity contribution in [2.24, 2.45) is 4.99 Å². The normalized spacial score (nSPS) is 17.2. The summed E-state index contributed by atoms with van der Waals surface area (Å²) in [4.78, 5) is 3.91. The molecule has 0 bridgehead atoms. The molecule has 122 valence electrons. The Hall–Kier alpha value is -1.79. The van der Waals surface area contributed by atoms with Crippen LogP contribution in [0.1, 0.15) is 24.8 Å². The molecule has 0 atom stereocenters. The van der Waals surface area contributed by atoms with Gasteiger partial charge in [0, 0.05) is 25.6 Å². The molecule has 0 spiro atoms. The molecule has 1 aromatic carbocycles. The lowest BCUT2D eigenvalue weighted by molar-refractivity contribution is -0.132. The Labute approximate surface area is 126 Å². The monoisotopic (exact) mass is 317 g/mol. The molecular formula is C15H19F4N3. The first kappa shape index (κ1) is 16.6. The van der Waals surface area contributed by atoms with Crippen molar-refractivity contribution in [1.82, 2.24) is 10.6 Å². The van der Waals surface area contributed by atoms with E-state index >= 15 is 0 Å². The van der Waals surface area contributed by atoms with Gasteiger partial charge in [0.2, 0.25) is 0 Å². The molecule has 0 unspecified atom stereocenters. The highest BCUT2D eigenvalue weighted by Crippen LogP contribution is 2.47. The summed E-state index contributed by atoms with van der Waals surface area (Å²) in [6, 6.07) is 6.35. The van der Waals surface area contributed by atoms with E-state index in [-0.39, 0.29) is 17.8 Å². The third-order valence-electron chi connectivity index (χ3n) is 3.83. The Kier molecular flexibility index (Phi) is 4.93. The molecule has 2 rings (SSSR count). The highest BCUT2D eigenvalue weighted by Gasteiger charge is 2.44. The fourth-order valence-corrected chi connectivity index (χ4v) is 2.32. The van der Waals surface area contributed by atoms with Gasteiger partial charge in [0.15, 0.2) is 5.96 Å². The average molecular weight is 317 g/mol. The number of nitrogens with zero attached hydrogens (tertiary/aromatic N) is 1. The summed E-state index contributed by atoms with van der Waals surface area (Å²) >= 11 is 0. The van der Waals surface area contributed by atoms with E-state index in [0.717, 1.165) is 18.4 Å². The van der Waals surface area contributed by atoms with Gasteiger partial charge < -0.3 is 10.6 Å². The van der Waals surface area contributed by atoms with Crippen molar-refractivity contribution >= 4 is 5.96 Å². The van der Waals surface area contributed by atoms with Crippen molar-refractivity contribution < 1.29 is 17.6 Å². The third-order valence-corrected chi connectivity index (χ3v) is 3.83. The van der Waals surface area contributed by atoms with Crippen LogP contribution in [0.5, 0.6) is 0 Å². The number of hydrogen-bond donors (Lipinski definition) is 2. The second kappa shape index (κ2) is 6.54. The molecule has 7 heteroatoms. The molecular weight excluding hydrogens is 298 g/mol. The molecule has 22 heavy (non-hydrogen) atoms. The maximum atomic E-state index is 13.0. The molecule has 0 saturated heterocycles. The van der Waals surface area contributed by atoms with Crippen molar-refractivity contribution in [3.63, 3.8) is 0 Å². The minimum Gasteiger partial charge on any atom is -0.356 e. The van der Waals surface area contributed by atoms with Crippen molar-refractivity contribution in [3.8, 4) is 0 Å². The van der Waals surface area contributed by atoms with Crippen molar-refractivity contribution in [1.29, 1.82) is 0 Å². The fourth-order valence-electron chi connectivity index (χ4n) is 2.32. The van der Waals surface area contributed by atoms with E-state index in [1.807, 2.05) is 0 Å². The number of rotatable bonds is 5. The Balaban J connectivity index is 1.84. The third kappa shape index (κ3) is 4.61. The lowest BCUT2D eigenvalue weighted by Gasteiger charge is -2.19. The summed E-state index contributed by atoms with van der Waals surface area (Å²) in [5.74, 6) is 0.0646. The summed E-state index contributed by atoms with van der Waals surface area (Å²) in [6.07, 6.45) is -3.16. The Morgan fingerprint density at radius 3 is 2.32 bits per heavy atom. The maximum absolute atomic E-state index is 13.0. The molecule has 1 aliphatic carbocycles. The van der Waals surface area contributed by atoms with Crippen LogP contribution >= 0.6 is 0 Å². The van der Waals surface area contributed by atoms with Crippen LogP contribution in [0.15, 0.2) is 29.3 Å². The lowest BCUT2D eigenvalue weighted by Crippen LogP contribution is -2.42. The van der Waals surface area contributed by atoms with Gasteiger partial charge in [-0.2, -0.15) is 13.2 Å². The van der Waals surface area contributed by atoms with Crippen molar-refractivity contribution in [2.75, 3.05) is 20.1 Å². The van der Waals surface area contributed by atoms with Crippen LogP contribution in [0.4, 0.5) is 17.6 Å². The first-order valence-electron chi connectivity index (χ1n) is 7.12. The van der Waals surface area contributed by atoms with E-state index in [0.29, 0.717) is 12.5 Å². The zero-order valence-corrected chi connectivity index (χ0v) is 12.3. The quantitative estimate of drug-likeness (QED) is 0.498. The molecule has 0 aliphatic heterocycles. The smallest absolute Gasteiger partial charge is 0.356 e. The van der Waals surface area contributed by atoms with E-state index in [9.17, 15) is 17.6 Å². The highest BCUT2D eigenvalue weighted by atomic mass is 19.4. The number of halogens is 4. The van der Waals surface area contributed by atoms with Crippen LogP contribution in [-0.4, -0.2) is 32.3 Å². The van der Waals surface area contributed by atoms with Crippen molar-refractivity contribution in [3.05, 3.63) is 35.6 Å². The van der Waals surface area contributed by atoms with Gasteiger partial charge in [-0.1, -0.05) is 12.1 Å². The molecule has 0 amide bonds. The fraction of sp³-hybridized carbons (Fsp3) is 0.533. The van der Waals surface area contributed by atoms with Gasteiger partial charge in [-0.25, -0.2) is 4.39 Å². The first-order chi connectivity index (χ1) is 10.3. The largest absolute Gasteiger partial charge is 0.390 e. The van der Waals surface area contributed by atoms with E-state index in [4.69, 9.17) is 0 Å². The zero-order valence-electron chi connectivity index (χ0n) is 12.3. The van der Waals surface area contributed by atoms with Gasteiger partial charge in [0.25, 0.3) is 0 Å². The summed E-state index contributed by atoms with van der Waals surface area (Å²) in [7, 11) is 1.51. The number of benzene rings is 1. The second-order valence-electron chi connectivity index (χ2n) is 5.50. The van der Waals surface area contributed by atoms with E-state index < -0.39 is 12.6 Å². The molecule has 0 aromatic heterocycles. The number of alkyl halides is 3. The summed E-state index contributed by atoms with van der Waals surface area (Å²) in [6.45, 7) is 0.344. The number of aliphatic imine (C=N–C) groups is 1. The predicted octanol–water partition coefficient (Wildman–Crippen LogP) is 2.97. The van der Waals surface area contributed by atoms with Gasteiger partial charge in [0.1, 0.15) is 5.82 Å². The molecule has 1 aliphatic rings. The molecule has 1 fully saturated rings. The number of guanidine groups is 1. The van der Waals surface area contributed by atoms with Gasteiger partial charge >= 0.3 is 6.18 Å². The minimum absolute atomic E-state index is 0.0741. The van der Waals surface area contributed by atoms with Gasteiger partial charge in [0.05, 0.1) is 6.42 Å². The van der Waals surface area contributed by atoms with E-state index in [1.54, 1.807) is 12.1 Å². The molecule has 1 saturated carbocycles. The predicted molar refractivity (Wildman–Crippen MR) is 77.3 cm³/mol. The standard InChI is InChI=1S/C15H19F4N3/c1-20-13(21-9-8-15(17,18)19)22-10-14(6-7-14)11-2-4-12(16)5-3-11/h2-5H,6-10H2,1H3,(H2,20,21,22). The van der Waals surface area contributed by atoms with Crippen LogP contribution < -0.4 is 10.6 Å². The van der Waals surface area contributed by atoms with Gasteiger partial charge in [-0.3, -0.25) is 4.99 Å². The zero-order chi connectivity index (χ0) is 16.2. The van der Waals surface area contributed by atoms with Crippen molar-refractivity contribution in [2.45, 2.75) is 30.9 Å². The topological polar surface area (TPSA) is 36.4 Å². The molecule has 2 N–H and O–H groups in total. The highest BCUT2D eigenvalue weighted by molar-refractivity contribution is 5.79. The molecule has 0 radical (unpaired) electrons. The van der Waals surface area contributed by atoms with Crippen LogP contribution in [0.3, 0.4) is 0 Å². The molecule has 3 nitrogen and oxygen atoms in total. The lowest BCUT2D eigenvalue weighted by atomic mass is 9.96. The van der Waals surface area contributed by atoms with Crippen LogP contribution in [-0.2, 0) is 5.41 Å². The van der Waals surface area contributed by atoms with Crippen LogP contribution in [0.25, 0.3) is 0 Å². The van der Waals surface area contributed by atoms with Gasteiger partial charge in [-0.05, 0) is 30.5 Å².